The lowest BCUT2D eigenvalue weighted by atomic mass is 10.1. The minimum absolute atomic E-state index is 0.0271. The number of carbonyl (C=O) groups is 1. The lowest BCUT2D eigenvalue weighted by Gasteiger charge is -2.11. The predicted molar refractivity (Wildman–Crippen MR) is 67.1 cm³/mol. The van der Waals surface area contributed by atoms with Gasteiger partial charge in [-0.05, 0) is 43.4 Å². The summed E-state index contributed by atoms with van der Waals surface area (Å²) < 4.78 is 37.6. The van der Waals surface area contributed by atoms with E-state index in [4.69, 9.17) is 0 Å². The Balaban J connectivity index is 1.88. The molecule has 0 heterocycles. The summed E-state index contributed by atoms with van der Waals surface area (Å²) in [5.41, 5.74) is -0.871. The van der Waals surface area contributed by atoms with Gasteiger partial charge in [0.25, 0.3) is 5.91 Å². The SMILES string of the molecule is O=C(NCC[C@H](O)C1CC1)c1cccc(C(F)(F)F)c1. The van der Waals surface area contributed by atoms with Gasteiger partial charge in [-0.1, -0.05) is 6.07 Å². The van der Waals surface area contributed by atoms with E-state index in [1.165, 1.54) is 12.1 Å². The van der Waals surface area contributed by atoms with Gasteiger partial charge in [0.05, 0.1) is 11.7 Å². The van der Waals surface area contributed by atoms with Gasteiger partial charge in [0, 0.05) is 12.1 Å². The molecular formula is C14H16F3NO2. The fourth-order valence-electron chi connectivity index (χ4n) is 1.99. The quantitative estimate of drug-likeness (QED) is 0.874. The Morgan fingerprint density at radius 1 is 1.40 bits per heavy atom. The Kier molecular flexibility index (Phi) is 4.32. The van der Waals surface area contributed by atoms with Crippen LogP contribution >= 0.6 is 0 Å². The fourth-order valence-corrected chi connectivity index (χ4v) is 1.99. The molecule has 2 N–H and O–H groups in total. The van der Waals surface area contributed by atoms with Crippen LogP contribution in [-0.2, 0) is 6.18 Å². The van der Waals surface area contributed by atoms with E-state index < -0.39 is 23.8 Å². The predicted octanol–water partition coefficient (Wildman–Crippen LogP) is 2.60. The molecule has 3 nitrogen and oxygen atoms in total. The first-order valence-electron chi connectivity index (χ1n) is 6.51. The van der Waals surface area contributed by atoms with Gasteiger partial charge >= 0.3 is 6.18 Å². The van der Waals surface area contributed by atoms with Crippen LogP contribution in [0.25, 0.3) is 0 Å². The highest BCUT2D eigenvalue weighted by atomic mass is 19.4. The van der Waals surface area contributed by atoms with E-state index in [1.54, 1.807) is 0 Å². The Labute approximate surface area is 114 Å². The monoisotopic (exact) mass is 287 g/mol. The maximum Gasteiger partial charge on any atom is 0.416 e. The normalized spacial score (nSPS) is 16.8. The summed E-state index contributed by atoms with van der Waals surface area (Å²) in [5.74, 6) is -0.237. The maximum absolute atomic E-state index is 12.5. The van der Waals surface area contributed by atoms with Crippen molar-refractivity contribution in [2.75, 3.05) is 6.54 Å². The van der Waals surface area contributed by atoms with Crippen molar-refractivity contribution in [3.8, 4) is 0 Å². The minimum Gasteiger partial charge on any atom is -0.393 e. The summed E-state index contributed by atoms with van der Waals surface area (Å²) in [6.07, 6.45) is -2.46. The molecule has 0 radical (unpaired) electrons. The molecule has 1 aromatic carbocycles. The van der Waals surface area contributed by atoms with E-state index in [-0.39, 0.29) is 12.1 Å². The first-order valence-corrected chi connectivity index (χ1v) is 6.51. The summed E-state index contributed by atoms with van der Waals surface area (Å²) in [6.45, 7) is 0.257. The summed E-state index contributed by atoms with van der Waals surface area (Å²) in [6, 6.07) is 4.29. The van der Waals surface area contributed by atoms with Gasteiger partial charge in [0.1, 0.15) is 0 Å². The number of hydrogen-bond donors (Lipinski definition) is 2. The third-order valence-electron chi connectivity index (χ3n) is 3.34. The molecule has 2 rings (SSSR count). The van der Waals surface area contributed by atoms with Gasteiger partial charge in [-0.25, -0.2) is 0 Å². The molecule has 1 amide bonds. The number of alkyl halides is 3. The van der Waals surface area contributed by atoms with Crippen LogP contribution in [0.3, 0.4) is 0 Å². The van der Waals surface area contributed by atoms with E-state index in [9.17, 15) is 23.1 Å². The van der Waals surface area contributed by atoms with Crippen molar-refractivity contribution in [3.05, 3.63) is 35.4 Å². The summed E-state index contributed by atoms with van der Waals surface area (Å²) in [4.78, 5) is 11.7. The van der Waals surface area contributed by atoms with Crippen LogP contribution in [0.1, 0.15) is 35.2 Å². The highest BCUT2D eigenvalue weighted by Gasteiger charge is 2.31. The molecule has 0 aliphatic heterocycles. The van der Waals surface area contributed by atoms with Crippen LogP contribution in [0.5, 0.6) is 0 Å². The van der Waals surface area contributed by atoms with Crippen LogP contribution in [0.2, 0.25) is 0 Å². The first-order chi connectivity index (χ1) is 9.38. The molecule has 0 saturated heterocycles. The smallest absolute Gasteiger partial charge is 0.393 e. The lowest BCUT2D eigenvalue weighted by Crippen LogP contribution is -2.28. The number of halogens is 3. The second-order valence-corrected chi connectivity index (χ2v) is 5.03. The molecule has 1 fully saturated rings. The van der Waals surface area contributed by atoms with Crippen LogP contribution in [0.15, 0.2) is 24.3 Å². The molecule has 6 heteroatoms. The largest absolute Gasteiger partial charge is 0.416 e. The Morgan fingerprint density at radius 3 is 2.70 bits per heavy atom. The maximum atomic E-state index is 12.5. The van der Waals surface area contributed by atoms with Crippen molar-refractivity contribution in [3.63, 3.8) is 0 Å². The zero-order valence-electron chi connectivity index (χ0n) is 10.8. The number of aliphatic hydroxyl groups is 1. The number of aliphatic hydroxyl groups excluding tert-OH is 1. The second-order valence-electron chi connectivity index (χ2n) is 5.03. The molecular weight excluding hydrogens is 271 g/mol. The van der Waals surface area contributed by atoms with E-state index in [0.717, 1.165) is 25.0 Å². The fraction of sp³-hybridized carbons (Fsp3) is 0.500. The molecule has 110 valence electrons. The molecule has 1 aromatic rings. The zero-order valence-corrected chi connectivity index (χ0v) is 10.8. The van der Waals surface area contributed by atoms with E-state index in [0.29, 0.717) is 12.3 Å². The van der Waals surface area contributed by atoms with Crippen molar-refractivity contribution < 1.29 is 23.1 Å². The van der Waals surface area contributed by atoms with Crippen LogP contribution in [-0.4, -0.2) is 23.7 Å². The Morgan fingerprint density at radius 2 is 2.10 bits per heavy atom. The molecule has 20 heavy (non-hydrogen) atoms. The van der Waals surface area contributed by atoms with Gasteiger partial charge in [0.15, 0.2) is 0 Å². The number of rotatable bonds is 5. The molecule has 0 bridgehead atoms. The van der Waals surface area contributed by atoms with E-state index in [2.05, 4.69) is 5.32 Å². The Bertz CT molecular complexity index is 484. The molecule has 1 saturated carbocycles. The molecule has 1 atom stereocenters. The van der Waals surface area contributed by atoms with Crippen molar-refractivity contribution in [1.29, 1.82) is 0 Å². The van der Waals surface area contributed by atoms with Gasteiger partial charge in [-0.15, -0.1) is 0 Å². The topological polar surface area (TPSA) is 49.3 Å². The molecule has 1 aliphatic rings. The second kappa shape index (κ2) is 5.83. The molecule has 0 aromatic heterocycles. The first kappa shape index (κ1) is 14.8. The van der Waals surface area contributed by atoms with Crippen molar-refractivity contribution >= 4 is 5.91 Å². The summed E-state index contributed by atoms with van der Waals surface area (Å²) in [5, 5.41) is 12.1. The number of hydrogen-bond acceptors (Lipinski definition) is 2. The number of carbonyl (C=O) groups excluding carboxylic acids is 1. The number of nitrogens with one attached hydrogen (secondary N) is 1. The highest BCUT2D eigenvalue weighted by molar-refractivity contribution is 5.94. The molecule has 1 aliphatic carbocycles. The molecule has 0 unspecified atom stereocenters. The summed E-state index contributed by atoms with van der Waals surface area (Å²) in [7, 11) is 0. The summed E-state index contributed by atoms with van der Waals surface area (Å²) >= 11 is 0. The van der Waals surface area contributed by atoms with Gasteiger partial charge < -0.3 is 10.4 Å². The minimum atomic E-state index is -4.46. The van der Waals surface area contributed by atoms with Crippen LogP contribution in [0, 0.1) is 5.92 Å². The third-order valence-corrected chi connectivity index (χ3v) is 3.34. The van der Waals surface area contributed by atoms with E-state index in [1.807, 2.05) is 0 Å². The van der Waals surface area contributed by atoms with Crippen molar-refractivity contribution in [1.82, 2.24) is 5.32 Å². The number of benzene rings is 1. The van der Waals surface area contributed by atoms with Crippen LogP contribution in [0.4, 0.5) is 13.2 Å². The lowest BCUT2D eigenvalue weighted by molar-refractivity contribution is -0.137. The van der Waals surface area contributed by atoms with Crippen molar-refractivity contribution in [2.24, 2.45) is 5.92 Å². The average molecular weight is 287 g/mol. The zero-order chi connectivity index (χ0) is 14.8. The molecule has 0 spiro atoms. The van der Waals surface area contributed by atoms with Gasteiger partial charge in [0.2, 0.25) is 0 Å². The van der Waals surface area contributed by atoms with E-state index >= 15 is 0 Å². The Hall–Kier alpha value is -1.56. The van der Waals surface area contributed by atoms with Crippen LogP contribution < -0.4 is 5.32 Å². The van der Waals surface area contributed by atoms with Gasteiger partial charge in [-0.3, -0.25) is 4.79 Å². The van der Waals surface area contributed by atoms with Gasteiger partial charge in [-0.2, -0.15) is 13.2 Å². The standard InChI is InChI=1S/C14H16F3NO2/c15-14(16,17)11-3-1-2-10(8-11)13(20)18-7-6-12(19)9-4-5-9/h1-3,8-9,12,19H,4-7H2,(H,18,20)/t12-/m0/s1. The number of amides is 1. The van der Waals surface area contributed by atoms with Crippen molar-refractivity contribution in [2.45, 2.75) is 31.5 Å². The average Bonchev–Trinajstić information content (AvgIpc) is 3.22. The third kappa shape index (κ3) is 3.96. The highest BCUT2D eigenvalue weighted by Crippen LogP contribution is 2.33.